The molecule has 0 amide bonds. The van der Waals surface area contributed by atoms with Crippen LogP contribution in [-0.2, 0) is 6.54 Å². The monoisotopic (exact) mass is 222 g/mol. The van der Waals surface area contributed by atoms with Crippen molar-refractivity contribution in [1.82, 2.24) is 4.90 Å². The smallest absolute Gasteiger partial charge is 0.121 e. The highest BCUT2D eigenvalue weighted by Crippen LogP contribution is 2.23. The third kappa shape index (κ3) is 3.51. The van der Waals surface area contributed by atoms with E-state index in [1.807, 2.05) is 26.0 Å². The van der Waals surface area contributed by atoms with Crippen molar-refractivity contribution >= 4 is 0 Å². The first-order valence-corrected chi connectivity index (χ1v) is 5.72. The van der Waals surface area contributed by atoms with Gasteiger partial charge in [0.25, 0.3) is 0 Å². The van der Waals surface area contributed by atoms with Gasteiger partial charge in [0.05, 0.1) is 0 Å². The third-order valence-corrected chi connectivity index (χ3v) is 2.75. The molecule has 1 aromatic carbocycles. The second-order valence-corrected chi connectivity index (χ2v) is 4.46. The van der Waals surface area contributed by atoms with E-state index >= 15 is 0 Å². The number of nitrogens with two attached hydrogens (primary N) is 1. The van der Waals surface area contributed by atoms with Gasteiger partial charge < -0.3 is 15.7 Å². The van der Waals surface area contributed by atoms with Gasteiger partial charge in [-0.05, 0) is 57.1 Å². The van der Waals surface area contributed by atoms with E-state index < -0.39 is 0 Å². The van der Waals surface area contributed by atoms with Crippen LogP contribution >= 0.6 is 0 Å². The summed E-state index contributed by atoms with van der Waals surface area (Å²) in [5.41, 5.74) is 8.61. The van der Waals surface area contributed by atoms with Gasteiger partial charge in [0.15, 0.2) is 0 Å². The molecule has 0 radical (unpaired) electrons. The Hall–Kier alpha value is -1.06. The molecule has 16 heavy (non-hydrogen) atoms. The summed E-state index contributed by atoms with van der Waals surface area (Å²) < 4.78 is 0. The predicted octanol–water partition coefficient (Wildman–Crippen LogP) is 1.79. The first-order valence-electron chi connectivity index (χ1n) is 5.72. The molecule has 1 aromatic rings. The summed E-state index contributed by atoms with van der Waals surface area (Å²) in [5.74, 6) is 0.411. The zero-order valence-electron chi connectivity index (χ0n) is 10.5. The lowest BCUT2D eigenvalue weighted by Crippen LogP contribution is -2.21. The van der Waals surface area contributed by atoms with Crippen LogP contribution in [0.4, 0.5) is 0 Å². The zero-order chi connectivity index (χ0) is 12.1. The molecule has 0 aromatic heterocycles. The number of phenols is 1. The Morgan fingerprint density at radius 1 is 1.25 bits per heavy atom. The van der Waals surface area contributed by atoms with E-state index in [-0.39, 0.29) is 0 Å². The van der Waals surface area contributed by atoms with E-state index in [1.165, 1.54) is 5.56 Å². The van der Waals surface area contributed by atoms with E-state index in [1.54, 1.807) is 0 Å². The summed E-state index contributed by atoms with van der Waals surface area (Å²) in [6.07, 6.45) is 1.02. The molecule has 0 aliphatic rings. The van der Waals surface area contributed by atoms with E-state index in [0.717, 1.165) is 37.2 Å². The summed E-state index contributed by atoms with van der Waals surface area (Å²) in [7, 11) is 2.09. The summed E-state index contributed by atoms with van der Waals surface area (Å²) in [6.45, 7) is 6.52. The lowest BCUT2D eigenvalue weighted by atomic mass is 10.1. The molecule has 0 heterocycles. The van der Waals surface area contributed by atoms with Crippen LogP contribution in [0.1, 0.15) is 23.1 Å². The molecule has 0 atom stereocenters. The largest absolute Gasteiger partial charge is 0.507 e. The molecule has 0 fully saturated rings. The maximum Gasteiger partial charge on any atom is 0.121 e. The van der Waals surface area contributed by atoms with Crippen LogP contribution in [0, 0.1) is 13.8 Å². The summed E-state index contributed by atoms with van der Waals surface area (Å²) in [5, 5.41) is 9.68. The van der Waals surface area contributed by atoms with Gasteiger partial charge >= 0.3 is 0 Å². The fourth-order valence-electron chi connectivity index (χ4n) is 1.89. The van der Waals surface area contributed by atoms with Gasteiger partial charge in [0.1, 0.15) is 5.75 Å². The molecule has 0 spiro atoms. The van der Waals surface area contributed by atoms with Crippen LogP contribution in [0.15, 0.2) is 12.1 Å². The van der Waals surface area contributed by atoms with Crippen molar-refractivity contribution in [2.24, 2.45) is 5.73 Å². The fraction of sp³-hybridized carbons (Fsp3) is 0.538. The van der Waals surface area contributed by atoms with E-state index in [4.69, 9.17) is 5.73 Å². The first-order chi connectivity index (χ1) is 7.54. The number of aromatic hydroxyl groups is 1. The number of hydrogen-bond donors (Lipinski definition) is 2. The van der Waals surface area contributed by atoms with Crippen molar-refractivity contribution < 1.29 is 5.11 Å². The Morgan fingerprint density at radius 3 is 2.31 bits per heavy atom. The van der Waals surface area contributed by atoms with Gasteiger partial charge in [0, 0.05) is 6.54 Å². The molecule has 3 heteroatoms. The van der Waals surface area contributed by atoms with Crippen molar-refractivity contribution in [2.45, 2.75) is 26.8 Å². The summed E-state index contributed by atoms with van der Waals surface area (Å²) in [6, 6.07) is 4.09. The predicted molar refractivity (Wildman–Crippen MR) is 67.6 cm³/mol. The topological polar surface area (TPSA) is 49.5 Å². The Labute approximate surface area is 97.9 Å². The van der Waals surface area contributed by atoms with Crippen molar-refractivity contribution in [1.29, 1.82) is 0 Å². The fourth-order valence-corrected chi connectivity index (χ4v) is 1.89. The number of phenolic OH excluding ortho intramolecular Hbond substituents is 1. The van der Waals surface area contributed by atoms with Crippen LogP contribution < -0.4 is 5.73 Å². The molecule has 0 aliphatic carbocycles. The van der Waals surface area contributed by atoms with Crippen LogP contribution in [0.25, 0.3) is 0 Å². The Balaban J connectivity index is 2.67. The van der Waals surface area contributed by atoms with Gasteiger partial charge in [-0.1, -0.05) is 12.1 Å². The van der Waals surface area contributed by atoms with Crippen LogP contribution in [0.2, 0.25) is 0 Å². The van der Waals surface area contributed by atoms with Crippen LogP contribution in [-0.4, -0.2) is 30.1 Å². The average Bonchev–Trinajstić information content (AvgIpc) is 2.23. The number of aryl methyl sites for hydroxylation is 2. The van der Waals surface area contributed by atoms with E-state index in [2.05, 4.69) is 11.9 Å². The Morgan fingerprint density at radius 2 is 1.81 bits per heavy atom. The zero-order valence-corrected chi connectivity index (χ0v) is 10.5. The highest BCUT2D eigenvalue weighted by Gasteiger charge is 2.05. The van der Waals surface area contributed by atoms with Crippen LogP contribution in [0.5, 0.6) is 5.75 Å². The molecule has 0 saturated heterocycles. The average molecular weight is 222 g/mol. The van der Waals surface area contributed by atoms with Crippen molar-refractivity contribution in [2.75, 3.05) is 20.1 Å². The van der Waals surface area contributed by atoms with Crippen molar-refractivity contribution in [3.63, 3.8) is 0 Å². The second-order valence-electron chi connectivity index (χ2n) is 4.46. The van der Waals surface area contributed by atoms with Gasteiger partial charge in [0.2, 0.25) is 0 Å². The molecular formula is C13H22N2O. The first kappa shape index (κ1) is 13.0. The summed E-state index contributed by atoms with van der Waals surface area (Å²) >= 11 is 0. The number of rotatable bonds is 5. The van der Waals surface area contributed by atoms with Gasteiger partial charge in [-0.2, -0.15) is 0 Å². The lowest BCUT2D eigenvalue weighted by Gasteiger charge is -2.17. The molecule has 0 saturated carbocycles. The molecule has 0 bridgehead atoms. The lowest BCUT2D eigenvalue weighted by molar-refractivity contribution is 0.324. The number of benzene rings is 1. The second kappa shape index (κ2) is 5.87. The Kier molecular flexibility index (Phi) is 4.77. The number of hydrogen-bond acceptors (Lipinski definition) is 3. The highest BCUT2D eigenvalue weighted by atomic mass is 16.3. The van der Waals surface area contributed by atoms with E-state index in [9.17, 15) is 5.11 Å². The number of nitrogens with zero attached hydrogens (tertiary/aromatic N) is 1. The van der Waals surface area contributed by atoms with E-state index in [0.29, 0.717) is 5.75 Å². The SMILES string of the molecule is Cc1cc(CN(C)CCCN)cc(C)c1O. The molecule has 3 N–H and O–H groups in total. The minimum atomic E-state index is 0.411. The normalized spacial score (nSPS) is 11.1. The highest BCUT2D eigenvalue weighted by molar-refractivity contribution is 5.42. The maximum absolute atomic E-state index is 9.68. The molecular weight excluding hydrogens is 200 g/mol. The van der Waals surface area contributed by atoms with Crippen molar-refractivity contribution in [3.8, 4) is 5.75 Å². The molecule has 90 valence electrons. The molecule has 0 aliphatic heterocycles. The van der Waals surface area contributed by atoms with Crippen molar-refractivity contribution in [3.05, 3.63) is 28.8 Å². The van der Waals surface area contributed by atoms with Gasteiger partial charge in [-0.15, -0.1) is 0 Å². The molecule has 3 nitrogen and oxygen atoms in total. The van der Waals surface area contributed by atoms with Crippen LogP contribution in [0.3, 0.4) is 0 Å². The van der Waals surface area contributed by atoms with Gasteiger partial charge in [-0.25, -0.2) is 0 Å². The molecule has 1 rings (SSSR count). The summed E-state index contributed by atoms with van der Waals surface area (Å²) in [4.78, 5) is 2.25. The Bertz CT molecular complexity index is 327. The standard InChI is InChI=1S/C13H22N2O/c1-10-7-12(8-11(2)13(10)16)9-15(3)6-4-5-14/h7-8,16H,4-6,9,14H2,1-3H3. The minimum Gasteiger partial charge on any atom is -0.507 e. The molecule has 0 unspecified atom stereocenters. The quantitative estimate of drug-likeness (QED) is 0.798. The third-order valence-electron chi connectivity index (χ3n) is 2.75. The van der Waals surface area contributed by atoms with Gasteiger partial charge in [-0.3, -0.25) is 0 Å². The maximum atomic E-state index is 9.68. The minimum absolute atomic E-state index is 0.411.